The number of aromatic nitrogens is 1. The Hall–Kier alpha value is -2.49. The smallest absolute Gasteiger partial charge is 0.319 e. The molecule has 4 N–H and O–H groups in total. The third-order valence-corrected chi connectivity index (χ3v) is 4.51. The summed E-state index contributed by atoms with van der Waals surface area (Å²) in [4.78, 5) is 15.8. The normalized spacial score (nSPS) is 11.0. The lowest BCUT2D eigenvalue weighted by molar-refractivity contribution is 0.251. The summed E-state index contributed by atoms with van der Waals surface area (Å²) in [6.07, 6.45) is 3.28. The van der Waals surface area contributed by atoms with Gasteiger partial charge in [0.2, 0.25) is 10.0 Å². The maximum atomic E-state index is 11.9. The minimum absolute atomic E-state index is 0.0543. The van der Waals surface area contributed by atoms with Gasteiger partial charge in [-0.2, -0.15) is 0 Å². The zero-order chi connectivity index (χ0) is 17.4. The van der Waals surface area contributed by atoms with E-state index in [0.29, 0.717) is 12.2 Å². The first-order chi connectivity index (χ1) is 11.5. The first-order valence-electron chi connectivity index (χ1n) is 7.15. The number of sulfonamides is 1. The number of carbonyl (C=O) groups excluding carboxylic acids is 1. The number of nitrogens with zero attached hydrogens (tertiary/aromatic N) is 1. The van der Waals surface area contributed by atoms with Gasteiger partial charge >= 0.3 is 6.03 Å². The van der Waals surface area contributed by atoms with Crippen LogP contribution in [-0.4, -0.2) is 37.7 Å². The molecule has 0 radical (unpaired) electrons. The van der Waals surface area contributed by atoms with Crippen LogP contribution in [0.1, 0.15) is 5.56 Å². The number of rotatable bonds is 7. The Balaban J connectivity index is 1.90. The number of amides is 2. The molecule has 0 unspecified atom stereocenters. The summed E-state index contributed by atoms with van der Waals surface area (Å²) in [6, 6.07) is 8.90. The molecule has 2 rings (SSSR count). The van der Waals surface area contributed by atoms with Crippen LogP contribution in [0, 0.1) is 0 Å². The van der Waals surface area contributed by atoms with Crippen molar-refractivity contribution in [3.63, 3.8) is 0 Å². The number of aliphatic hydroxyl groups excluding tert-OH is 1. The van der Waals surface area contributed by atoms with Crippen LogP contribution in [0.4, 0.5) is 10.5 Å². The Morgan fingerprint density at radius 1 is 1.08 bits per heavy atom. The van der Waals surface area contributed by atoms with Gasteiger partial charge in [0.1, 0.15) is 0 Å². The Labute approximate surface area is 140 Å². The highest BCUT2D eigenvalue weighted by molar-refractivity contribution is 7.89. The van der Waals surface area contributed by atoms with Crippen LogP contribution in [-0.2, 0) is 16.6 Å². The second-order valence-electron chi connectivity index (χ2n) is 4.81. The summed E-state index contributed by atoms with van der Waals surface area (Å²) in [5, 5.41) is 14.0. The van der Waals surface area contributed by atoms with Gasteiger partial charge in [-0.25, -0.2) is 17.9 Å². The minimum atomic E-state index is -3.66. The Morgan fingerprint density at radius 2 is 1.75 bits per heavy atom. The summed E-state index contributed by atoms with van der Waals surface area (Å²) >= 11 is 0. The first kappa shape index (κ1) is 17.9. The van der Waals surface area contributed by atoms with E-state index < -0.39 is 16.1 Å². The highest BCUT2D eigenvalue weighted by Crippen LogP contribution is 2.13. The van der Waals surface area contributed by atoms with Gasteiger partial charge in [0.05, 0.1) is 11.5 Å². The molecule has 0 aliphatic rings. The fraction of sp³-hybridized carbons (Fsp3) is 0.200. The summed E-state index contributed by atoms with van der Waals surface area (Å²) < 4.78 is 26.0. The van der Waals surface area contributed by atoms with E-state index in [9.17, 15) is 13.2 Å². The van der Waals surface area contributed by atoms with Crippen molar-refractivity contribution in [3.8, 4) is 0 Å². The summed E-state index contributed by atoms with van der Waals surface area (Å²) in [6.45, 7) is 0.0160. The van der Waals surface area contributed by atoms with Crippen LogP contribution >= 0.6 is 0 Å². The molecule has 0 saturated heterocycles. The Kier molecular flexibility index (Phi) is 6.24. The molecule has 128 valence electrons. The number of urea groups is 1. The standard InChI is InChI=1S/C15H18N4O4S/c20-10-9-18-24(22,23)14-3-1-13(2-4-14)19-15(21)17-11-12-5-7-16-8-6-12/h1-8,18,20H,9-11H2,(H2,17,19,21). The molecule has 0 aliphatic carbocycles. The van der Waals surface area contributed by atoms with Crippen molar-refractivity contribution in [1.29, 1.82) is 0 Å². The number of pyridine rings is 1. The third kappa shape index (κ3) is 5.30. The minimum Gasteiger partial charge on any atom is -0.395 e. The van der Waals surface area contributed by atoms with Crippen molar-refractivity contribution in [1.82, 2.24) is 15.0 Å². The molecular formula is C15H18N4O4S. The van der Waals surface area contributed by atoms with Gasteiger partial charge in [-0.15, -0.1) is 0 Å². The quantitative estimate of drug-likeness (QED) is 0.585. The highest BCUT2D eigenvalue weighted by Gasteiger charge is 2.13. The molecule has 2 amide bonds. The molecule has 1 heterocycles. The summed E-state index contributed by atoms with van der Waals surface area (Å²) in [5.41, 5.74) is 1.37. The lowest BCUT2D eigenvalue weighted by Gasteiger charge is -2.09. The molecule has 2 aromatic rings. The number of aliphatic hydroxyl groups is 1. The molecule has 9 heteroatoms. The average Bonchev–Trinajstić information content (AvgIpc) is 2.60. The fourth-order valence-corrected chi connectivity index (χ4v) is 2.86. The van der Waals surface area contributed by atoms with Crippen molar-refractivity contribution >= 4 is 21.7 Å². The van der Waals surface area contributed by atoms with Crippen LogP contribution in [0.15, 0.2) is 53.7 Å². The molecule has 1 aromatic carbocycles. The molecule has 0 spiro atoms. The second kappa shape index (κ2) is 8.39. The molecule has 8 nitrogen and oxygen atoms in total. The van der Waals surface area contributed by atoms with E-state index in [-0.39, 0.29) is 18.0 Å². The predicted octanol–water partition coefficient (Wildman–Crippen LogP) is 0.674. The largest absolute Gasteiger partial charge is 0.395 e. The molecule has 0 atom stereocenters. The van der Waals surface area contributed by atoms with E-state index in [4.69, 9.17) is 5.11 Å². The highest BCUT2D eigenvalue weighted by atomic mass is 32.2. The van der Waals surface area contributed by atoms with Crippen molar-refractivity contribution in [2.75, 3.05) is 18.5 Å². The maximum Gasteiger partial charge on any atom is 0.319 e. The number of benzene rings is 1. The van der Waals surface area contributed by atoms with Crippen molar-refractivity contribution < 1.29 is 18.3 Å². The summed E-state index contributed by atoms with van der Waals surface area (Å²) in [5.74, 6) is 0. The average molecular weight is 350 g/mol. The zero-order valence-electron chi connectivity index (χ0n) is 12.8. The lowest BCUT2D eigenvalue weighted by atomic mass is 10.3. The molecule has 0 bridgehead atoms. The number of carbonyl (C=O) groups is 1. The fourth-order valence-electron chi connectivity index (χ4n) is 1.84. The van der Waals surface area contributed by atoms with Crippen LogP contribution in [0.5, 0.6) is 0 Å². The molecular weight excluding hydrogens is 332 g/mol. The van der Waals surface area contributed by atoms with E-state index >= 15 is 0 Å². The third-order valence-electron chi connectivity index (χ3n) is 3.03. The van der Waals surface area contributed by atoms with Gasteiger partial charge in [0, 0.05) is 31.2 Å². The topological polar surface area (TPSA) is 120 Å². The zero-order valence-corrected chi connectivity index (χ0v) is 13.6. The van der Waals surface area contributed by atoms with Gasteiger partial charge < -0.3 is 15.7 Å². The van der Waals surface area contributed by atoms with Crippen LogP contribution in [0.25, 0.3) is 0 Å². The Bertz CT molecular complexity index is 764. The van der Waals surface area contributed by atoms with E-state index in [0.717, 1.165) is 5.56 Å². The van der Waals surface area contributed by atoms with E-state index in [1.54, 1.807) is 24.5 Å². The van der Waals surface area contributed by atoms with Gasteiger partial charge in [-0.1, -0.05) is 0 Å². The van der Waals surface area contributed by atoms with Crippen molar-refractivity contribution in [2.24, 2.45) is 0 Å². The Morgan fingerprint density at radius 3 is 2.38 bits per heavy atom. The van der Waals surface area contributed by atoms with Crippen molar-refractivity contribution in [3.05, 3.63) is 54.4 Å². The molecule has 1 aromatic heterocycles. The van der Waals surface area contributed by atoms with Crippen molar-refractivity contribution in [2.45, 2.75) is 11.4 Å². The number of hydrogen-bond donors (Lipinski definition) is 4. The second-order valence-corrected chi connectivity index (χ2v) is 6.58. The predicted molar refractivity (Wildman–Crippen MR) is 88.8 cm³/mol. The molecule has 0 aliphatic heterocycles. The van der Waals surface area contributed by atoms with Gasteiger partial charge in [0.25, 0.3) is 0 Å². The number of hydrogen-bond acceptors (Lipinski definition) is 5. The van der Waals surface area contributed by atoms with Gasteiger partial charge in [-0.05, 0) is 42.0 Å². The number of anilines is 1. The SMILES string of the molecule is O=C(NCc1ccncc1)Nc1ccc(S(=O)(=O)NCCO)cc1. The van der Waals surface area contributed by atoms with E-state index in [2.05, 4.69) is 20.3 Å². The monoisotopic (exact) mass is 350 g/mol. The van der Waals surface area contributed by atoms with Crippen LogP contribution in [0.2, 0.25) is 0 Å². The lowest BCUT2D eigenvalue weighted by Crippen LogP contribution is -2.28. The van der Waals surface area contributed by atoms with Gasteiger partial charge in [0.15, 0.2) is 0 Å². The van der Waals surface area contributed by atoms with E-state index in [1.807, 2.05) is 0 Å². The van der Waals surface area contributed by atoms with Crippen LogP contribution in [0.3, 0.4) is 0 Å². The van der Waals surface area contributed by atoms with E-state index in [1.165, 1.54) is 24.3 Å². The molecule has 0 fully saturated rings. The van der Waals surface area contributed by atoms with Crippen LogP contribution < -0.4 is 15.4 Å². The number of nitrogens with one attached hydrogen (secondary N) is 3. The molecule has 0 saturated carbocycles. The summed E-state index contributed by atoms with van der Waals surface area (Å²) in [7, 11) is -3.66. The first-order valence-corrected chi connectivity index (χ1v) is 8.64. The maximum absolute atomic E-state index is 11.9. The molecule has 24 heavy (non-hydrogen) atoms. The van der Waals surface area contributed by atoms with Gasteiger partial charge in [-0.3, -0.25) is 4.98 Å².